The van der Waals surface area contributed by atoms with E-state index in [1.165, 1.54) is 0 Å². The van der Waals surface area contributed by atoms with E-state index in [4.69, 9.17) is 9.73 Å². The number of nitrogens with zero attached hydrogens (tertiary/aromatic N) is 3. The Kier molecular flexibility index (Phi) is 7.92. The summed E-state index contributed by atoms with van der Waals surface area (Å²) >= 11 is 0. The van der Waals surface area contributed by atoms with E-state index in [9.17, 15) is 9.59 Å². The summed E-state index contributed by atoms with van der Waals surface area (Å²) in [6.45, 7) is 7.21. The van der Waals surface area contributed by atoms with Gasteiger partial charge >= 0.3 is 5.97 Å². The molecule has 1 saturated heterocycles. The number of rotatable bonds is 6. The highest BCUT2D eigenvalue weighted by molar-refractivity contribution is 5.84. The predicted molar refractivity (Wildman–Crippen MR) is 107 cm³/mol. The molecule has 0 spiro atoms. The Morgan fingerprint density at radius 3 is 2.33 bits per heavy atom. The van der Waals surface area contributed by atoms with Crippen molar-refractivity contribution in [2.24, 2.45) is 16.3 Å². The molecule has 0 bridgehead atoms. The summed E-state index contributed by atoms with van der Waals surface area (Å²) in [5.74, 6) is 0.958. The Balaban J connectivity index is 2.04. The van der Waals surface area contributed by atoms with Gasteiger partial charge < -0.3 is 19.9 Å². The van der Waals surface area contributed by atoms with Crippen molar-refractivity contribution in [3.63, 3.8) is 0 Å². The molecule has 7 nitrogen and oxygen atoms in total. The van der Waals surface area contributed by atoms with Gasteiger partial charge in [-0.3, -0.25) is 14.6 Å². The van der Waals surface area contributed by atoms with Crippen molar-refractivity contribution in [3.8, 4) is 0 Å². The van der Waals surface area contributed by atoms with E-state index in [1.54, 1.807) is 4.90 Å². The number of guanidine groups is 1. The summed E-state index contributed by atoms with van der Waals surface area (Å²) in [6, 6.07) is 0. The molecular weight excluding hydrogens is 344 g/mol. The van der Waals surface area contributed by atoms with Crippen LogP contribution in [0.25, 0.3) is 0 Å². The third-order valence-electron chi connectivity index (χ3n) is 5.70. The van der Waals surface area contributed by atoms with Crippen LogP contribution in [0, 0.1) is 11.3 Å². The molecule has 0 unspecified atom stereocenters. The summed E-state index contributed by atoms with van der Waals surface area (Å²) in [4.78, 5) is 33.5. The summed E-state index contributed by atoms with van der Waals surface area (Å²) in [5, 5.41) is 3.37. The molecule has 1 amide bonds. The van der Waals surface area contributed by atoms with Gasteiger partial charge in [-0.2, -0.15) is 0 Å². The fourth-order valence-electron chi connectivity index (χ4n) is 4.20. The van der Waals surface area contributed by atoms with Gasteiger partial charge in [0.25, 0.3) is 0 Å². The Morgan fingerprint density at radius 1 is 1.19 bits per heavy atom. The summed E-state index contributed by atoms with van der Waals surface area (Å²) in [5.41, 5.74) is -0.354. The molecule has 1 heterocycles. The summed E-state index contributed by atoms with van der Waals surface area (Å²) < 4.78 is 5.16. The fourth-order valence-corrected chi connectivity index (χ4v) is 4.20. The number of carbonyl (C=O) groups is 2. The zero-order chi connectivity index (χ0) is 19.9. The van der Waals surface area contributed by atoms with Crippen LogP contribution >= 0.6 is 0 Å². The Morgan fingerprint density at radius 2 is 1.81 bits per heavy atom. The van der Waals surface area contributed by atoms with Crippen LogP contribution in [0.3, 0.4) is 0 Å². The zero-order valence-corrected chi connectivity index (χ0v) is 17.4. The van der Waals surface area contributed by atoms with Crippen LogP contribution in [-0.2, 0) is 14.3 Å². The quantitative estimate of drug-likeness (QED) is 0.433. The molecule has 1 N–H and O–H groups in total. The van der Waals surface area contributed by atoms with Gasteiger partial charge in [0.15, 0.2) is 5.96 Å². The molecule has 154 valence electrons. The van der Waals surface area contributed by atoms with Crippen molar-refractivity contribution < 1.29 is 14.3 Å². The highest BCUT2D eigenvalue weighted by atomic mass is 16.5. The molecular formula is C20H36N4O3. The first-order valence-corrected chi connectivity index (χ1v) is 10.3. The van der Waals surface area contributed by atoms with Gasteiger partial charge in [0.1, 0.15) is 0 Å². The van der Waals surface area contributed by atoms with Gasteiger partial charge in [0, 0.05) is 33.7 Å². The smallest absolute Gasteiger partial charge is 0.309 e. The minimum Gasteiger partial charge on any atom is -0.466 e. The van der Waals surface area contributed by atoms with E-state index in [0.29, 0.717) is 13.2 Å². The standard InChI is InChI=1S/C20H36N4O3/c1-5-21-19(24-13-9-16(10-14-24)17(25)27-6-2)22-15-20(11-7-8-12-20)18(26)23(3)4/h16H,5-15H2,1-4H3,(H,21,22). The maximum atomic E-state index is 12.8. The Bertz CT molecular complexity index is 533. The number of amides is 1. The number of hydrogen-bond acceptors (Lipinski definition) is 4. The molecule has 1 saturated carbocycles. The van der Waals surface area contributed by atoms with Crippen LogP contribution in [0.15, 0.2) is 4.99 Å². The molecule has 1 aliphatic carbocycles. The number of ether oxygens (including phenoxy) is 1. The van der Waals surface area contributed by atoms with E-state index in [1.807, 2.05) is 21.0 Å². The van der Waals surface area contributed by atoms with Gasteiger partial charge in [-0.05, 0) is 39.5 Å². The Hall–Kier alpha value is -1.79. The molecule has 0 aromatic carbocycles. The molecule has 2 rings (SSSR count). The lowest BCUT2D eigenvalue weighted by Gasteiger charge is -2.34. The van der Waals surface area contributed by atoms with Gasteiger partial charge in [-0.25, -0.2) is 0 Å². The fraction of sp³-hybridized carbons (Fsp3) is 0.850. The molecule has 1 aliphatic heterocycles. The topological polar surface area (TPSA) is 74.2 Å². The number of aliphatic imine (C=N–C) groups is 1. The zero-order valence-electron chi connectivity index (χ0n) is 17.4. The van der Waals surface area contributed by atoms with Crippen molar-refractivity contribution in [2.45, 2.75) is 52.4 Å². The van der Waals surface area contributed by atoms with Gasteiger partial charge in [0.2, 0.25) is 5.91 Å². The number of hydrogen-bond donors (Lipinski definition) is 1. The molecule has 0 aromatic rings. The number of esters is 1. The maximum Gasteiger partial charge on any atom is 0.309 e. The predicted octanol–water partition coefficient (Wildman–Crippen LogP) is 1.88. The first-order valence-electron chi connectivity index (χ1n) is 10.3. The molecule has 2 aliphatic rings. The lowest BCUT2D eigenvalue weighted by molar-refractivity contribution is -0.149. The van der Waals surface area contributed by atoms with E-state index in [-0.39, 0.29) is 23.2 Å². The van der Waals surface area contributed by atoms with Crippen LogP contribution in [0.2, 0.25) is 0 Å². The number of carbonyl (C=O) groups excluding carboxylic acids is 2. The third kappa shape index (κ3) is 5.36. The second-order valence-corrected chi connectivity index (χ2v) is 7.87. The second-order valence-electron chi connectivity index (χ2n) is 7.87. The van der Waals surface area contributed by atoms with E-state index in [0.717, 1.165) is 64.1 Å². The summed E-state index contributed by atoms with van der Waals surface area (Å²) in [6.07, 6.45) is 5.58. The first-order chi connectivity index (χ1) is 12.9. The van der Waals surface area contributed by atoms with Crippen LogP contribution in [0.4, 0.5) is 0 Å². The van der Waals surface area contributed by atoms with Gasteiger partial charge in [0.05, 0.1) is 24.5 Å². The van der Waals surface area contributed by atoms with Crippen LogP contribution < -0.4 is 5.32 Å². The molecule has 2 fully saturated rings. The average molecular weight is 381 g/mol. The Labute approximate surface area is 163 Å². The SMILES string of the molecule is CCNC(=NCC1(C(=O)N(C)C)CCCC1)N1CCC(C(=O)OCC)CC1. The summed E-state index contributed by atoms with van der Waals surface area (Å²) in [7, 11) is 3.66. The normalized spacial score (nSPS) is 20.4. The second kappa shape index (κ2) is 9.95. The minimum absolute atomic E-state index is 0.0134. The number of piperidine rings is 1. The van der Waals surface area contributed by atoms with E-state index < -0.39 is 0 Å². The van der Waals surface area contributed by atoms with Crippen molar-refractivity contribution >= 4 is 17.8 Å². The van der Waals surface area contributed by atoms with Crippen LogP contribution in [0.5, 0.6) is 0 Å². The molecule has 0 aromatic heterocycles. The van der Waals surface area contributed by atoms with Crippen molar-refractivity contribution in [1.82, 2.24) is 15.1 Å². The average Bonchev–Trinajstić information content (AvgIpc) is 3.15. The van der Waals surface area contributed by atoms with Crippen molar-refractivity contribution in [3.05, 3.63) is 0 Å². The van der Waals surface area contributed by atoms with Gasteiger partial charge in [-0.15, -0.1) is 0 Å². The largest absolute Gasteiger partial charge is 0.466 e. The molecule has 7 heteroatoms. The number of nitrogens with one attached hydrogen (secondary N) is 1. The van der Waals surface area contributed by atoms with Gasteiger partial charge in [-0.1, -0.05) is 12.8 Å². The lowest BCUT2D eigenvalue weighted by atomic mass is 9.85. The van der Waals surface area contributed by atoms with Crippen molar-refractivity contribution in [1.29, 1.82) is 0 Å². The third-order valence-corrected chi connectivity index (χ3v) is 5.70. The highest BCUT2D eigenvalue weighted by Gasteiger charge is 2.42. The monoisotopic (exact) mass is 380 g/mol. The van der Waals surface area contributed by atoms with E-state index in [2.05, 4.69) is 17.1 Å². The maximum absolute atomic E-state index is 12.8. The number of likely N-dealkylation sites (tertiary alicyclic amines) is 1. The van der Waals surface area contributed by atoms with E-state index >= 15 is 0 Å². The molecule has 27 heavy (non-hydrogen) atoms. The highest BCUT2D eigenvalue weighted by Crippen LogP contribution is 2.39. The first kappa shape index (κ1) is 21.5. The molecule has 0 radical (unpaired) electrons. The van der Waals surface area contributed by atoms with Crippen LogP contribution in [-0.4, -0.2) is 74.5 Å². The molecule has 0 atom stereocenters. The minimum atomic E-state index is -0.354. The van der Waals surface area contributed by atoms with Crippen LogP contribution in [0.1, 0.15) is 52.4 Å². The van der Waals surface area contributed by atoms with Crippen molar-refractivity contribution in [2.75, 3.05) is 46.9 Å². The lowest BCUT2D eigenvalue weighted by Crippen LogP contribution is -2.48.